The van der Waals surface area contributed by atoms with E-state index in [1.807, 2.05) is 46.8 Å². The number of benzene rings is 1. The summed E-state index contributed by atoms with van der Waals surface area (Å²) in [5.41, 5.74) is 2.11. The van der Waals surface area contributed by atoms with Gasteiger partial charge in [0, 0.05) is 5.75 Å². The monoisotopic (exact) mass is 316 g/mol. The van der Waals surface area contributed by atoms with Crippen molar-refractivity contribution in [1.29, 1.82) is 0 Å². The molecule has 0 saturated carbocycles. The molecule has 0 aliphatic heterocycles. The average Bonchev–Trinajstić information content (AvgIpc) is 2.29. The Labute approximate surface area is 124 Å². The highest BCUT2D eigenvalue weighted by Gasteiger charge is 2.25. The molecule has 1 N–H and O–H groups in total. The normalized spacial score (nSPS) is 13.1. The molecule has 0 fully saturated rings. The zero-order chi connectivity index (χ0) is 15.5. The molecule has 1 unspecified atom stereocenters. The van der Waals surface area contributed by atoms with Crippen molar-refractivity contribution in [2.45, 2.75) is 40.4 Å². The first-order valence-corrected chi connectivity index (χ1v) is 9.36. The smallest absolute Gasteiger partial charge is 0.316 e. The molecule has 0 heterocycles. The van der Waals surface area contributed by atoms with E-state index in [-0.39, 0.29) is 5.97 Å². The van der Waals surface area contributed by atoms with Gasteiger partial charge in [-0.2, -0.15) is 0 Å². The van der Waals surface area contributed by atoms with E-state index >= 15 is 0 Å². The Hall–Kier alpha value is -0.770. The van der Waals surface area contributed by atoms with E-state index in [0.29, 0.717) is 11.5 Å². The quantitative estimate of drug-likeness (QED) is 0.519. The zero-order valence-electron chi connectivity index (χ0n) is 12.4. The molecule has 0 aliphatic rings. The fourth-order valence-corrected chi connectivity index (χ4v) is 3.00. The number of hydrogen-bond acceptors (Lipinski definition) is 4. The van der Waals surface area contributed by atoms with Crippen molar-refractivity contribution in [3.63, 3.8) is 0 Å². The van der Waals surface area contributed by atoms with E-state index in [1.165, 1.54) is 0 Å². The maximum atomic E-state index is 11.9. The van der Waals surface area contributed by atoms with E-state index in [0.717, 1.165) is 28.1 Å². The van der Waals surface area contributed by atoms with Gasteiger partial charge in [-0.15, -0.1) is 0 Å². The maximum Gasteiger partial charge on any atom is 0.316 e. The molecule has 20 heavy (non-hydrogen) atoms. The van der Waals surface area contributed by atoms with Crippen LogP contribution in [0.5, 0.6) is 5.75 Å². The van der Waals surface area contributed by atoms with Gasteiger partial charge in [-0.3, -0.25) is 9.36 Å². The summed E-state index contributed by atoms with van der Waals surface area (Å²) in [6, 6.07) is 3.77. The third kappa shape index (κ3) is 4.97. The minimum atomic E-state index is -2.52. The molecule has 1 aromatic rings. The van der Waals surface area contributed by atoms with Gasteiger partial charge >= 0.3 is 5.97 Å². The molecule has 0 radical (unpaired) electrons. The lowest BCUT2D eigenvalue weighted by atomic mass is 9.97. The van der Waals surface area contributed by atoms with Crippen LogP contribution in [0, 0.1) is 19.3 Å². The van der Waals surface area contributed by atoms with Crippen LogP contribution in [0.4, 0.5) is 0 Å². The Kier molecular flexibility index (Phi) is 5.87. The molecule has 0 aliphatic carbocycles. The summed E-state index contributed by atoms with van der Waals surface area (Å²) in [4.78, 5) is 20.8. The average molecular weight is 316 g/mol. The van der Waals surface area contributed by atoms with E-state index in [1.54, 1.807) is 0 Å². The SMILES string of the molecule is Cc1cc(CS[PH](=O)O)cc(C)c1OC(=O)C(C)(C)C. The zero-order valence-corrected chi connectivity index (χ0v) is 14.3. The van der Waals surface area contributed by atoms with Gasteiger partial charge < -0.3 is 9.63 Å². The van der Waals surface area contributed by atoms with E-state index in [2.05, 4.69) is 0 Å². The van der Waals surface area contributed by atoms with Crippen LogP contribution < -0.4 is 4.74 Å². The summed E-state index contributed by atoms with van der Waals surface area (Å²) in [6.45, 7) is 9.17. The minimum Gasteiger partial charge on any atom is -0.426 e. The second-order valence-electron chi connectivity index (χ2n) is 5.75. The highest BCUT2D eigenvalue weighted by Crippen LogP contribution is 2.37. The predicted octanol–water partition coefficient (Wildman–Crippen LogP) is 3.87. The second-order valence-corrected chi connectivity index (χ2v) is 8.78. The topological polar surface area (TPSA) is 63.6 Å². The van der Waals surface area contributed by atoms with Crippen LogP contribution in [0.15, 0.2) is 12.1 Å². The summed E-state index contributed by atoms with van der Waals surface area (Å²) in [6.07, 6.45) is 0. The first-order chi connectivity index (χ1) is 9.11. The fraction of sp³-hybridized carbons (Fsp3) is 0.500. The van der Waals surface area contributed by atoms with Crippen molar-refractivity contribution < 1.29 is 19.0 Å². The Morgan fingerprint density at radius 2 is 1.80 bits per heavy atom. The van der Waals surface area contributed by atoms with Crippen LogP contribution in [-0.2, 0) is 15.1 Å². The minimum absolute atomic E-state index is 0.272. The molecular formula is C14H21O4PS. The van der Waals surface area contributed by atoms with E-state index in [4.69, 9.17) is 9.63 Å². The molecule has 1 atom stereocenters. The first-order valence-electron chi connectivity index (χ1n) is 6.29. The van der Waals surface area contributed by atoms with Crippen molar-refractivity contribution in [3.05, 3.63) is 28.8 Å². The van der Waals surface area contributed by atoms with Crippen LogP contribution in [0.2, 0.25) is 0 Å². The van der Waals surface area contributed by atoms with Gasteiger partial charge in [0.25, 0.3) is 0 Å². The number of ether oxygens (including phenoxy) is 1. The highest BCUT2D eigenvalue weighted by molar-refractivity contribution is 8.49. The largest absolute Gasteiger partial charge is 0.426 e. The molecule has 1 rings (SSSR count). The molecule has 6 heteroatoms. The number of rotatable bonds is 4. The van der Waals surface area contributed by atoms with Gasteiger partial charge in [0.15, 0.2) is 0 Å². The Bertz CT molecular complexity index is 511. The summed E-state index contributed by atoms with van der Waals surface area (Å²) >= 11 is 1.02. The van der Waals surface area contributed by atoms with Crippen LogP contribution in [0.1, 0.15) is 37.5 Å². The number of esters is 1. The summed E-state index contributed by atoms with van der Waals surface area (Å²) in [7, 11) is -2.52. The lowest BCUT2D eigenvalue weighted by Crippen LogP contribution is -2.26. The Morgan fingerprint density at radius 3 is 2.20 bits per heavy atom. The Morgan fingerprint density at radius 1 is 1.30 bits per heavy atom. The van der Waals surface area contributed by atoms with Crippen molar-refractivity contribution in [2.24, 2.45) is 5.41 Å². The van der Waals surface area contributed by atoms with Crippen LogP contribution >= 0.6 is 18.6 Å². The van der Waals surface area contributed by atoms with Crippen molar-refractivity contribution in [2.75, 3.05) is 0 Å². The van der Waals surface area contributed by atoms with E-state index < -0.39 is 12.6 Å². The predicted molar refractivity (Wildman–Crippen MR) is 83.5 cm³/mol. The van der Waals surface area contributed by atoms with Gasteiger partial charge in [0.1, 0.15) is 5.75 Å². The number of carbonyl (C=O) groups excluding carboxylic acids is 1. The number of hydrogen-bond donors (Lipinski definition) is 1. The molecule has 1 aromatic carbocycles. The third-order valence-electron chi connectivity index (χ3n) is 2.69. The van der Waals surface area contributed by atoms with Gasteiger partial charge in [-0.1, -0.05) is 23.5 Å². The second kappa shape index (κ2) is 6.79. The number of aryl methyl sites for hydroxylation is 2. The first kappa shape index (κ1) is 17.3. The van der Waals surface area contributed by atoms with Gasteiger partial charge in [-0.05, 0) is 51.3 Å². The standard InChI is InChI=1S/C14H21O4PS/c1-9-6-11(8-20-19(16)17)7-10(2)12(9)18-13(15)14(3,4)5/h6-7,19H,8H2,1-5H3,(H,16,17). The third-order valence-corrected chi connectivity index (χ3v) is 4.59. The van der Waals surface area contributed by atoms with Gasteiger partial charge in [-0.25, -0.2) is 0 Å². The molecule has 0 amide bonds. The van der Waals surface area contributed by atoms with Crippen LogP contribution in [0.3, 0.4) is 0 Å². The molecule has 112 valence electrons. The maximum absolute atomic E-state index is 11.9. The molecule has 0 bridgehead atoms. The molecule has 0 saturated heterocycles. The lowest BCUT2D eigenvalue weighted by Gasteiger charge is -2.19. The summed E-state index contributed by atoms with van der Waals surface area (Å²) in [5.74, 6) is 0.783. The summed E-state index contributed by atoms with van der Waals surface area (Å²) in [5, 5.41) is 0. The number of carbonyl (C=O) groups is 1. The molecule has 4 nitrogen and oxygen atoms in total. The van der Waals surface area contributed by atoms with E-state index in [9.17, 15) is 9.36 Å². The van der Waals surface area contributed by atoms with Crippen molar-refractivity contribution in [1.82, 2.24) is 0 Å². The van der Waals surface area contributed by atoms with Gasteiger partial charge in [0.05, 0.1) is 5.41 Å². The summed E-state index contributed by atoms with van der Waals surface area (Å²) < 4.78 is 16.2. The lowest BCUT2D eigenvalue weighted by molar-refractivity contribution is -0.143. The molecule has 0 spiro atoms. The van der Waals surface area contributed by atoms with Crippen molar-refractivity contribution >= 4 is 24.6 Å². The Balaban J connectivity index is 2.95. The van der Waals surface area contributed by atoms with Crippen LogP contribution in [-0.4, -0.2) is 10.9 Å². The van der Waals surface area contributed by atoms with Crippen molar-refractivity contribution in [3.8, 4) is 5.75 Å². The van der Waals surface area contributed by atoms with Crippen LogP contribution in [0.25, 0.3) is 0 Å². The molecular weight excluding hydrogens is 295 g/mol. The highest BCUT2D eigenvalue weighted by atomic mass is 32.7. The molecule has 0 aromatic heterocycles. The van der Waals surface area contributed by atoms with Gasteiger partial charge in [0.2, 0.25) is 7.23 Å². The fourth-order valence-electron chi connectivity index (χ4n) is 1.68.